The fourth-order valence-electron chi connectivity index (χ4n) is 5.25. The highest BCUT2D eigenvalue weighted by Gasteiger charge is 2.39. The highest BCUT2D eigenvalue weighted by Crippen LogP contribution is 2.44. The number of hydrogen-bond acceptors (Lipinski definition) is 4. The molecule has 0 aliphatic heterocycles. The number of alkyl halides is 3. The van der Waals surface area contributed by atoms with E-state index >= 15 is 0 Å². The van der Waals surface area contributed by atoms with E-state index in [1.807, 2.05) is 0 Å². The van der Waals surface area contributed by atoms with Crippen molar-refractivity contribution in [2.24, 2.45) is 11.5 Å². The third-order valence-corrected chi connectivity index (χ3v) is 7.16. The van der Waals surface area contributed by atoms with Crippen molar-refractivity contribution in [3.63, 3.8) is 0 Å². The Labute approximate surface area is 202 Å². The van der Waals surface area contributed by atoms with Gasteiger partial charge in [0.15, 0.2) is 5.69 Å². The van der Waals surface area contributed by atoms with Crippen molar-refractivity contribution < 1.29 is 22.8 Å². The number of amides is 2. The van der Waals surface area contributed by atoms with Crippen molar-refractivity contribution in [2.75, 3.05) is 6.54 Å². The predicted molar refractivity (Wildman–Crippen MR) is 125 cm³/mol. The summed E-state index contributed by atoms with van der Waals surface area (Å²) in [5.74, 6) is -1.65. The maximum Gasteiger partial charge on any atom is 0.417 e. The Morgan fingerprint density at radius 1 is 1.11 bits per heavy atom. The number of hydrogen-bond donors (Lipinski definition) is 3. The largest absolute Gasteiger partial charge is 0.417 e. The van der Waals surface area contributed by atoms with Crippen LogP contribution in [-0.4, -0.2) is 34.2 Å². The molecule has 7 nitrogen and oxygen atoms in total. The van der Waals surface area contributed by atoms with Gasteiger partial charge in [-0.1, -0.05) is 31.0 Å². The number of rotatable bonds is 9. The molecule has 2 amide bonds. The van der Waals surface area contributed by atoms with Gasteiger partial charge in [-0.3, -0.25) is 14.3 Å². The van der Waals surface area contributed by atoms with Gasteiger partial charge < -0.3 is 16.8 Å². The predicted octanol–water partition coefficient (Wildman–Crippen LogP) is 4.27. The first-order chi connectivity index (χ1) is 16.7. The molecule has 0 bridgehead atoms. The summed E-state index contributed by atoms with van der Waals surface area (Å²) in [5.41, 5.74) is 11.1. The Bertz CT molecular complexity index is 1070. The Morgan fingerprint density at radius 2 is 1.80 bits per heavy atom. The number of nitrogens with two attached hydrogens (primary N) is 2. The second kappa shape index (κ2) is 10.4. The average molecular weight is 492 g/mol. The molecule has 1 aromatic heterocycles. The first-order valence-electron chi connectivity index (χ1n) is 12.3. The lowest BCUT2D eigenvalue weighted by atomic mass is 9.86. The molecule has 5 N–H and O–H groups in total. The fourth-order valence-corrected chi connectivity index (χ4v) is 5.25. The minimum absolute atomic E-state index is 0.00841. The lowest BCUT2D eigenvalue weighted by molar-refractivity contribution is -0.137. The first-order valence-corrected chi connectivity index (χ1v) is 12.3. The van der Waals surface area contributed by atoms with Crippen molar-refractivity contribution in [3.8, 4) is 11.3 Å². The van der Waals surface area contributed by atoms with Crippen LogP contribution in [0.1, 0.15) is 91.4 Å². The SMILES string of the molecule is NCCC(CC(=O)NC1CCC1)c1c(C(N)=O)nn(C2CCCC2)c1-c1ccccc1C(F)(F)F. The van der Waals surface area contributed by atoms with Crippen molar-refractivity contribution in [1.82, 2.24) is 15.1 Å². The molecule has 2 aliphatic rings. The van der Waals surface area contributed by atoms with E-state index in [1.54, 1.807) is 4.68 Å². The van der Waals surface area contributed by atoms with Gasteiger partial charge in [0, 0.05) is 23.6 Å². The minimum Gasteiger partial charge on any atom is -0.364 e. The summed E-state index contributed by atoms with van der Waals surface area (Å²) >= 11 is 0. The van der Waals surface area contributed by atoms with Crippen LogP contribution in [0.4, 0.5) is 13.2 Å². The Hall–Kier alpha value is -2.88. The van der Waals surface area contributed by atoms with Gasteiger partial charge >= 0.3 is 6.18 Å². The number of nitrogens with one attached hydrogen (secondary N) is 1. The maximum absolute atomic E-state index is 14.1. The van der Waals surface area contributed by atoms with Crippen molar-refractivity contribution >= 4 is 11.8 Å². The molecular formula is C25H32F3N5O2. The molecule has 1 heterocycles. The molecule has 1 atom stereocenters. The van der Waals surface area contributed by atoms with Crippen LogP contribution in [-0.2, 0) is 11.0 Å². The number of benzene rings is 1. The highest BCUT2D eigenvalue weighted by atomic mass is 19.4. The summed E-state index contributed by atoms with van der Waals surface area (Å²) in [7, 11) is 0. The molecule has 190 valence electrons. The van der Waals surface area contributed by atoms with E-state index in [4.69, 9.17) is 11.5 Å². The molecular weight excluding hydrogens is 459 g/mol. The number of carbonyl (C=O) groups is 2. The second-order valence-electron chi connectivity index (χ2n) is 9.58. The van der Waals surface area contributed by atoms with Gasteiger partial charge in [-0.05, 0) is 57.1 Å². The monoisotopic (exact) mass is 491 g/mol. The van der Waals surface area contributed by atoms with Gasteiger partial charge in [0.25, 0.3) is 5.91 Å². The maximum atomic E-state index is 14.1. The fraction of sp³-hybridized carbons (Fsp3) is 0.560. The molecule has 0 spiro atoms. The van der Waals surface area contributed by atoms with Crippen LogP contribution >= 0.6 is 0 Å². The van der Waals surface area contributed by atoms with Crippen LogP contribution in [0.3, 0.4) is 0 Å². The van der Waals surface area contributed by atoms with Gasteiger partial charge in [0.1, 0.15) is 0 Å². The molecule has 10 heteroatoms. The van der Waals surface area contributed by atoms with Crippen LogP contribution < -0.4 is 16.8 Å². The van der Waals surface area contributed by atoms with E-state index in [-0.39, 0.29) is 53.5 Å². The Balaban J connectivity index is 1.89. The standard InChI is InChI=1S/C25H32F3N5O2/c26-25(27,28)19-11-4-3-10-18(19)23-21(15(12-13-29)14-20(34)31-16-6-5-7-16)22(24(30)35)32-33(23)17-8-1-2-9-17/h3-4,10-11,15-17H,1-2,5-9,12-14,29H2,(H2,30,35)(H,31,34). The lowest BCUT2D eigenvalue weighted by Gasteiger charge is -2.28. The lowest BCUT2D eigenvalue weighted by Crippen LogP contribution is -2.40. The third kappa shape index (κ3) is 5.37. The van der Waals surface area contributed by atoms with E-state index in [2.05, 4.69) is 10.4 Å². The smallest absolute Gasteiger partial charge is 0.364 e. The topological polar surface area (TPSA) is 116 Å². The number of halogens is 3. The summed E-state index contributed by atoms with van der Waals surface area (Å²) in [6, 6.07) is 5.25. The van der Waals surface area contributed by atoms with E-state index in [1.165, 1.54) is 18.2 Å². The zero-order chi connectivity index (χ0) is 25.2. The molecule has 2 fully saturated rings. The van der Waals surface area contributed by atoms with Crippen molar-refractivity contribution in [3.05, 3.63) is 41.1 Å². The van der Waals surface area contributed by atoms with Crippen LogP contribution in [0.5, 0.6) is 0 Å². The van der Waals surface area contributed by atoms with E-state index in [0.717, 1.165) is 51.0 Å². The summed E-state index contributed by atoms with van der Waals surface area (Å²) in [5, 5.41) is 7.47. The normalized spacial score (nSPS) is 17.8. The summed E-state index contributed by atoms with van der Waals surface area (Å²) < 4.78 is 43.8. The second-order valence-corrected chi connectivity index (χ2v) is 9.58. The molecule has 2 aromatic rings. The van der Waals surface area contributed by atoms with Gasteiger partial charge in [0.2, 0.25) is 5.91 Å². The summed E-state index contributed by atoms with van der Waals surface area (Å²) in [6.45, 7) is 0.189. The quantitative estimate of drug-likeness (QED) is 0.486. The minimum atomic E-state index is -4.61. The van der Waals surface area contributed by atoms with E-state index in [9.17, 15) is 22.8 Å². The van der Waals surface area contributed by atoms with Crippen LogP contribution in [0, 0.1) is 0 Å². The molecule has 2 aliphatic carbocycles. The van der Waals surface area contributed by atoms with Crippen LogP contribution in [0.25, 0.3) is 11.3 Å². The summed E-state index contributed by atoms with van der Waals surface area (Å²) in [4.78, 5) is 25.4. The number of primary amides is 1. The average Bonchev–Trinajstić information content (AvgIpc) is 3.43. The molecule has 0 radical (unpaired) electrons. The zero-order valence-electron chi connectivity index (χ0n) is 19.6. The zero-order valence-corrected chi connectivity index (χ0v) is 19.6. The van der Waals surface area contributed by atoms with E-state index < -0.39 is 23.6 Å². The molecule has 1 unspecified atom stereocenters. The summed E-state index contributed by atoms with van der Waals surface area (Å²) in [6.07, 6.45) is 1.86. The van der Waals surface area contributed by atoms with Gasteiger partial charge in [-0.25, -0.2) is 0 Å². The van der Waals surface area contributed by atoms with E-state index in [0.29, 0.717) is 6.42 Å². The molecule has 4 rings (SSSR count). The number of carbonyl (C=O) groups excluding carboxylic acids is 2. The van der Waals surface area contributed by atoms with Crippen LogP contribution in [0.2, 0.25) is 0 Å². The van der Waals surface area contributed by atoms with Crippen LogP contribution in [0.15, 0.2) is 24.3 Å². The molecule has 35 heavy (non-hydrogen) atoms. The van der Waals surface area contributed by atoms with Gasteiger partial charge in [0.05, 0.1) is 17.3 Å². The Morgan fingerprint density at radius 3 is 2.37 bits per heavy atom. The van der Waals surface area contributed by atoms with Crippen molar-refractivity contribution in [1.29, 1.82) is 0 Å². The number of aromatic nitrogens is 2. The Kier molecular flexibility index (Phi) is 7.49. The molecule has 1 aromatic carbocycles. The van der Waals surface area contributed by atoms with Gasteiger partial charge in [-0.2, -0.15) is 18.3 Å². The molecule has 2 saturated carbocycles. The van der Waals surface area contributed by atoms with Crippen molar-refractivity contribution in [2.45, 2.75) is 82.0 Å². The number of nitrogens with zero attached hydrogens (tertiary/aromatic N) is 2. The third-order valence-electron chi connectivity index (χ3n) is 7.16. The highest BCUT2D eigenvalue weighted by molar-refractivity contribution is 5.95. The van der Waals surface area contributed by atoms with Gasteiger partial charge in [-0.15, -0.1) is 0 Å². The first kappa shape index (κ1) is 25.2. The molecule has 0 saturated heterocycles.